The SMILES string of the molecule is CCCOCCNC(C)CCC(C)C. The first-order chi connectivity index (χ1) is 6.66. The molecule has 0 amide bonds. The first kappa shape index (κ1) is 13.9. The van der Waals surface area contributed by atoms with E-state index in [-0.39, 0.29) is 0 Å². The fraction of sp³-hybridized carbons (Fsp3) is 1.00. The van der Waals surface area contributed by atoms with Crippen LogP contribution in [0.5, 0.6) is 0 Å². The van der Waals surface area contributed by atoms with Gasteiger partial charge in [-0.05, 0) is 32.1 Å². The van der Waals surface area contributed by atoms with E-state index in [1.165, 1.54) is 12.8 Å². The molecule has 0 fully saturated rings. The van der Waals surface area contributed by atoms with Crippen molar-refractivity contribution in [3.63, 3.8) is 0 Å². The van der Waals surface area contributed by atoms with Crippen molar-refractivity contribution in [2.45, 2.75) is 53.0 Å². The third-order valence-corrected chi connectivity index (χ3v) is 2.26. The molecule has 0 aromatic rings. The average molecular weight is 201 g/mol. The van der Waals surface area contributed by atoms with Crippen LogP contribution in [-0.2, 0) is 4.74 Å². The minimum Gasteiger partial charge on any atom is -0.380 e. The summed E-state index contributed by atoms with van der Waals surface area (Å²) in [5.74, 6) is 0.815. The van der Waals surface area contributed by atoms with Crippen molar-refractivity contribution >= 4 is 0 Å². The van der Waals surface area contributed by atoms with E-state index < -0.39 is 0 Å². The van der Waals surface area contributed by atoms with Crippen LogP contribution < -0.4 is 5.32 Å². The molecule has 0 aromatic carbocycles. The van der Waals surface area contributed by atoms with Crippen molar-refractivity contribution in [2.24, 2.45) is 5.92 Å². The number of hydrogen-bond donors (Lipinski definition) is 1. The molecule has 0 saturated heterocycles. The molecule has 0 heterocycles. The van der Waals surface area contributed by atoms with E-state index in [9.17, 15) is 0 Å². The van der Waals surface area contributed by atoms with E-state index >= 15 is 0 Å². The minimum atomic E-state index is 0.627. The van der Waals surface area contributed by atoms with Crippen molar-refractivity contribution in [3.8, 4) is 0 Å². The Labute approximate surface area is 89.4 Å². The van der Waals surface area contributed by atoms with Crippen LogP contribution in [0.4, 0.5) is 0 Å². The highest BCUT2D eigenvalue weighted by Gasteiger charge is 2.02. The Kier molecular flexibility index (Phi) is 9.42. The molecule has 0 rings (SSSR count). The van der Waals surface area contributed by atoms with E-state index in [1.807, 2.05) is 0 Å². The highest BCUT2D eigenvalue weighted by molar-refractivity contribution is 4.61. The highest BCUT2D eigenvalue weighted by Crippen LogP contribution is 2.05. The zero-order valence-electron chi connectivity index (χ0n) is 10.3. The number of ether oxygens (including phenoxy) is 1. The third-order valence-electron chi connectivity index (χ3n) is 2.26. The van der Waals surface area contributed by atoms with Gasteiger partial charge in [-0.15, -0.1) is 0 Å². The van der Waals surface area contributed by atoms with Crippen LogP contribution in [0, 0.1) is 5.92 Å². The molecule has 0 aromatic heterocycles. The Morgan fingerprint density at radius 3 is 2.36 bits per heavy atom. The van der Waals surface area contributed by atoms with Gasteiger partial charge in [0.15, 0.2) is 0 Å². The van der Waals surface area contributed by atoms with Gasteiger partial charge in [-0.3, -0.25) is 0 Å². The Morgan fingerprint density at radius 2 is 1.79 bits per heavy atom. The molecule has 1 atom stereocenters. The van der Waals surface area contributed by atoms with Crippen LogP contribution in [0.2, 0.25) is 0 Å². The lowest BCUT2D eigenvalue weighted by Crippen LogP contribution is -2.29. The lowest BCUT2D eigenvalue weighted by Gasteiger charge is -2.14. The Bertz CT molecular complexity index is 115. The summed E-state index contributed by atoms with van der Waals surface area (Å²) in [5, 5.41) is 3.47. The van der Waals surface area contributed by atoms with E-state index in [0.29, 0.717) is 6.04 Å². The van der Waals surface area contributed by atoms with Crippen LogP contribution in [-0.4, -0.2) is 25.8 Å². The maximum Gasteiger partial charge on any atom is 0.0590 e. The van der Waals surface area contributed by atoms with Gasteiger partial charge >= 0.3 is 0 Å². The zero-order chi connectivity index (χ0) is 10.8. The Hall–Kier alpha value is -0.0800. The fourth-order valence-corrected chi connectivity index (χ4v) is 1.31. The molecular formula is C12H27NO. The van der Waals surface area contributed by atoms with E-state index in [0.717, 1.165) is 32.1 Å². The summed E-state index contributed by atoms with van der Waals surface area (Å²) in [7, 11) is 0. The average Bonchev–Trinajstić information content (AvgIpc) is 2.14. The molecule has 0 aliphatic rings. The topological polar surface area (TPSA) is 21.3 Å². The van der Waals surface area contributed by atoms with E-state index in [4.69, 9.17) is 4.74 Å². The Morgan fingerprint density at radius 1 is 1.07 bits per heavy atom. The van der Waals surface area contributed by atoms with Crippen molar-refractivity contribution in [1.82, 2.24) is 5.32 Å². The smallest absolute Gasteiger partial charge is 0.0590 e. The number of nitrogens with one attached hydrogen (secondary N) is 1. The van der Waals surface area contributed by atoms with Crippen molar-refractivity contribution in [2.75, 3.05) is 19.8 Å². The van der Waals surface area contributed by atoms with Crippen LogP contribution in [0.1, 0.15) is 47.0 Å². The quantitative estimate of drug-likeness (QED) is 0.579. The molecule has 1 unspecified atom stereocenters. The summed E-state index contributed by atoms with van der Waals surface area (Å²) in [4.78, 5) is 0. The van der Waals surface area contributed by atoms with Gasteiger partial charge < -0.3 is 10.1 Å². The third kappa shape index (κ3) is 10.0. The second kappa shape index (κ2) is 9.47. The molecule has 0 spiro atoms. The molecule has 14 heavy (non-hydrogen) atoms. The summed E-state index contributed by atoms with van der Waals surface area (Å²) >= 11 is 0. The maximum atomic E-state index is 5.40. The lowest BCUT2D eigenvalue weighted by molar-refractivity contribution is 0.134. The van der Waals surface area contributed by atoms with Crippen LogP contribution in [0.3, 0.4) is 0 Å². The van der Waals surface area contributed by atoms with Gasteiger partial charge in [0.1, 0.15) is 0 Å². The summed E-state index contributed by atoms with van der Waals surface area (Å²) in [5.41, 5.74) is 0. The number of hydrogen-bond acceptors (Lipinski definition) is 2. The van der Waals surface area contributed by atoms with Crippen LogP contribution >= 0.6 is 0 Å². The molecule has 0 aliphatic carbocycles. The standard InChI is InChI=1S/C12H27NO/c1-5-9-14-10-8-13-12(4)7-6-11(2)3/h11-13H,5-10H2,1-4H3. The van der Waals surface area contributed by atoms with Gasteiger partial charge in [-0.2, -0.15) is 0 Å². The molecule has 1 N–H and O–H groups in total. The van der Waals surface area contributed by atoms with Gasteiger partial charge in [-0.1, -0.05) is 20.8 Å². The van der Waals surface area contributed by atoms with Gasteiger partial charge in [0.05, 0.1) is 6.61 Å². The normalized spacial score (nSPS) is 13.5. The summed E-state index contributed by atoms with van der Waals surface area (Å²) in [6.07, 6.45) is 3.69. The monoisotopic (exact) mass is 201 g/mol. The molecule has 0 saturated carbocycles. The first-order valence-electron chi connectivity index (χ1n) is 5.98. The second-order valence-electron chi connectivity index (χ2n) is 4.44. The summed E-state index contributed by atoms with van der Waals surface area (Å²) in [6, 6.07) is 0.627. The van der Waals surface area contributed by atoms with Crippen molar-refractivity contribution in [3.05, 3.63) is 0 Å². The highest BCUT2D eigenvalue weighted by atomic mass is 16.5. The van der Waals surface area contributed by atoms with Crippen LogP contribution in [0.15, 0.2) is 0 Å². The zero-order valence-corrected chi connectivity index (χ0v) is 10.3. The first-order valence-corrected chi connectivity index (χ1v) is 5.98. The lowest BCUT2D eigenvalue weighted by atomic mass is 10.0. The molecule has 0 aliphatic heterocycles. The maximum absolute atomic E-state index is 5.40. The van der Waals surface area contributed by atoms with Gasteiger partial charge in [0.2, 0.25) is 0 Å². The Balaban J connectivity index is 3.14. The molecule has 2 heteroatoms. The largest absolute Gasteiger partial charge is 0.380 e. The molecule has 86 valence electrons. The summed E-state index contributed by atoms with van der Waals surface area (Å²) in [6.45, 7) is 11.7. The molecule has 0 bridgehead atoms. The van der Waals surface area contributed by atoms with E-state index in [1.54, 1.807) is 0 Å². The van der Waals surface area contributed by atoms with E-state index in [2.05, 4.69) is 33.0 Å². The van der Waals surface area contributed by atoms with Gasteiger partial charge in [0.25, 0.3) is 0 Å². The predicted octanol–water partition coefficient (Wildman–Crippen LogP) is 2.83. The summed E-state index contributed by atoms with van der Waals surface area (Å²) < 4.78 is 5.40. The van der Waals surface area contributed by atoms with Crippen molar-refractivity contribution < 1.29 is 4.74 Å². The van der Waals surface area contributed by atoms with Gasteiger partial charge in [0, 0.05) is 19.2 Å². The van der Waals surface area contributed by atoms with Crippen LogP contribution in [0.25, 0.3) is 0 Å². The molecular weight excluding hydrogens is 174 g/mol. The fourth-order valence-electron chi connectivity index (χ4n) is 1.31. The number of rotatable bonds is 9. The van der Waals surface area contributed by atoms with Crippen molar-refractivity contribution in [1.29, 1.82) is 0 Å². The molecule has 2 nitrogen and oxygen atoms in total. The molecule has 0 radical (unpaired) electrons. The second-order valence-corrected chi connectivity index (χ2v) is 4.44. The predicted molar refractivity (Wildman–Crippen MR) is 62.6 cm³/mol. The van der Waals surface area contributed by atoms with Gasteiger partial charge in [-0.25, -0.2) is 0 Å². The minimum absolute atomic E-state index is 0.627.